The molecule has 96 valence electrons. The van der Waals surface area contributed by atoms with Gasteiger partial charge in [-0.25, -0.2) is 4.39 Å². The zero-order valence-electron chi connectivity index (χ0n) is 10.3. The van der Waals surface area contributed by atoms with Crippen LogP contribution in [0.5, 0.6) is 0 Å². The van der Waals surface area contributed by atoms with E-state index in [1.54, 1.807) is 12.1 Å². The molecule has 1 aromatic heterocycles. The van der Waals surface area contributed by atoms with Gasteiger partial charge < -0.3 is 0 Å². The summed E-state index contributed by atoms with van der Waals surface area (Å²) in [6, 6.07) is 4.83. The van der Waals surface area contributed by atoms with Gasteiger partial charge >= 0.3 is 0 Å². The molecule has 0 fully saturated rings. The molecule has 0 saturated carbocycles. The summed E-state index contributed by atoms with van der Waals surface area (Å²) in [5, 5.41) is 6.87. The molecule has 0 unspecified atom stereocenters. The molecule has 1 heterocycles. The number of nitrogens with zero attached hydrogens (tertiary/aromatic N) is 2. The summed E-state index contributed by atoms with van der Waals surface area (Å²) in [6.07, 6.45) is 0. The van der Waals surface area contributed by atoms with E-state index in [2.05, 4.69) is 26.1 Å². The van der Waals surface area contributed by atoms with Crippen molar-refractivity contribution < 1.29 is 4.39 Å². The first kappa shape index (κ1) is 13.4. The third kappa shape index (κ3) is 2.27. The second-order valence-electron chi connectivity index (χ2n) is 4.96. The Morgan fingerprint density at radius 2 is 2.06 bits per heavy atom. The molecular weight excluding hydrogens is 317 g/mol. The molecule has 0 aliphatic carbocycles. The van der Waals surface area contributed by atoms with Crippen LogP contribution in [0.15, 0.2) is 22.7 Å². The summed E-state index contributed by atoms with van der Waals surface area (Å²) in [4.78, 5) is 0. The van der Waals surface area contributed by atoms with E-state index in [9.17, 15) is 4.39 Å². The van der Waals surface area contributed by atoms with Crippen molar-refractivity contribution in [1.82, 2.24) is 14.8 Å². The first-order valence-electron chi connectivity index (χ1n) is 5.44. The highest BCUT2D eigenvalue weighted by atomic mass is 79.9. The molecule has 0 spiro atoms. The molecule has 18 heavy (non-hydrogen) atoms. The van der Waals surface area contributed by atoms with Gasteiger partial charge in [0.25, 0.3) is 0 Å². The maximum Gasteiger partial charge on any atom is 0.195 e. The first-order valence-corrected chi connectivity index (χ1v) is 6.65. The van der Waals surface area contributed by atoms with E-state index in [0.717, 1.165) is 0 Å². The van der Waals surface area contributed by atoms with Gasteiger partial charge in [0.1, 0.15) is 5.82 Å². The van der Waals surface area contributed by atoms with Crippen LogP contribution >= 0.6 is 28.1 Å². The Balaban J connectivity index is 2.78. The van der Waals surface area contributed by atoms with Crippen molar-refractivity contribution in [3.8, 4) is 11.4 Å². The van der Waals surface area contributed by atoms with Gasteiger partial charge in [-0.1, -0.05) is 6.07 Å². The minimum atomic E-state index is -0.330. The largest absolute Gasteiger partial charge is 0.295 e. The highest BCUT2D eigenvalue weighted by Crippen LogP contribution is 2.32. The van der Waals surface area contributed by atoms with E-state index >= 15 is 0 Å². The normalized spacial score (nSPS) is 11.8. The van der Waals surface area contributed by atoms with Crippen LogP contribution < -0.4 is 0 Å². The maximum absolute atomic E-state index is 14.0. The summed E-state index contributed by atoms with van der Waals surface area (Å²) < 4.78 is 16.9. The van der Waals surface area contributed by atoms with Crippen LogP contribution in [0.3, 0.4) is 0 Å². The van der Waals surface area contributed by atoms with Gasteiger partial charge in [0.15, 0.2) is 10.6 Å². The molecule has 0 radical (unpaired) electrons. The molecule has 6 heteroatoms. The average Bonchev–Trinajstić information content (AvgIpc) is 2.59. The van der Waals surface area contributed by atoms with Crippen molar-refractivity contribution in [2.24, 2.45) is 0 Å². The zero-order valence-corrected chi connectivity index (χ0v) is 12.7. The maximum atomic E-state index is 14.0. The van der Waals surface area contributed by atoms with Crippen molar-refractivity contribution >= 4 is 28.1 Å². The lowest BCUT2D eigenvalue weighted by molar-refractivity contribution is 0.395. The number of rotatable bonds is 1. The number of aromatic nitrogens is 3. The number of nitrogens with one attached hydrogen (secondary N) is 1. The fraction of sp³-hybridized carbons (Fsp3) is 0.333. The molecular formula is C12H13BrFN3S. The van der Waals surface area contributed by atoms with E-state index in [-0.39, 0.29) is 11.4 Å². The van der Waals surface area contributed by atoms with Crippen LogP contribution in [0.1, 0.15) is 20.8 Å². The number of aromatic amines is 1. The van der Waals surface area contributed by atoms with Gasteiger partial charge in [-0.15, -0.1) is 0 Å². The Morgan fingerprint density at radius 3 is 2.61 bits per heavy atom. The summed E-state index contributed by atoms with van der Waals surface area (Å²) in [6.45, 7) is 5.99. The lowest BCUT2D eigenvalue weighted by Gasteiger charge is -2.23. The van der Waals surface area contributed by atoms with E-state index < -0.39 is 0 Å². The van der Waals surface area contributed by atoms with Gasteiger partial charge in [0.05, 0.1) is 5.56 Å². The molecule has 2 rings (SSSR count). The Morgan fingerprint density at radius 1 is 1.39 bits per heavy atom. The quantitative estimate of drug-likeness (QED) is 0.793. The van der Waals surface area contributed by atoms with E-state index in [4.69, 9.17) is 12.2 Å². The van der Waals surface area contributed by atoms with Gasteiger partial charge in [-0.2, -0.15) is 5.10 Å². The predicted molar refractivity (Wildman–Crippen MR) is 75.5 cm³/mol. The monoisotopic (exact) mass is 329 g/mol. The standard InChI is InChI=1S/C12H13BrFN3S/c1-12(2,3)17-10(15-16-11(17)18)9-7(13)5-4-6-8(9)14/h4-6H,1-3H3,(H,16,18). The number of hydrogen-bond donors (Lipinski definition) is 1. The summed E-state index contributed by atoms with van der Waals surface area (Å²) in [5.74, 6) is 0.168. The number of H-pyrrole nitrogens is 1. The van der Waals surface area contributed by atoms with Crippen molar-refractivity contribution in [2.45, 2.75) is 26.3 Å². The molecule has 0 amide bonds. The van der Waals surface area contributed by atoms with Crippen LogP contribution in [0.4, 0.5) is 4.39 Å². The minimum absolute atomic E-state index is 0.277. The first-order chi connectivity index (χ1) is 8.32. The van der Waals surface area contributed by atoms with Gasteiger partial charge in [-0.3, -0.25) is 9.67 Å². The van der Waals surface area contributed by atoms with Crippen molar-refractivity contribution in [2.75, 3.05) is 0 Å². The minimum Gasteiger partial charge on any atom is -0.295 e. The van der Waals surface area contributed by atoms with Crippen molar-refractivity contribution in [3.63, 3.8) is 0 Å². The molecule has 1 aromatic carbocycles. The third-order valence-corrected chi connectivity index (χ3v) is 3.46. The third-order valence-electron chi connectivity index (χ3n) is 2.53. The second kappa shape index (κ2) is 4.59. The molecule has 0 bridgehead atoms. The number of halogens is 2. The summed E-state index contributed by atoms with van der Waals surface area (Å²) in [5.41, 5.74) is 0.140. The summed E-state index contributed by atoms with van der Waals surface area (Å²) >= 11 is 8.57. The Bertz CT molecular complexity index is 619. The molecule has 3 nitrogen and oxygen atoms in total. The SMILES string of the molecule is CC(C)(C)n1c(-c2c(F)cccc2Br)n[nH]c1=S. The van der Waals surface area contributed by atoms with E-state index in [1.165, 1.54) is 6.07 Å². The Hall–Kier alpha value is -1.01. The molecule has 1 N–H and O–H groups in total. The molecule has 0 atom stereocenters. The fourth-order valence-corrected chi connectivity index (χ4v) is 2.72. The Kier molecular flexibility index (Phi) is 3.42. The molecule has 0 saturated heterocycles. The van der Waals surface area contributed by atoms with Crippen LogP contribution in [0, 0.1) is 10.6 Å². The zero-order chi connectivity index (χ0) is 13.5. The van der Waals surface area contributed by atoms with E-state index in [0.29, 0.717) is 20.6 Å². The number of benzene rings is 1. The number of hydrogen-bond acceptors (Lipinski definition) is 2. The second-order valence-corrected chi connectivity index (χ2v) is 6.20. The van der Waals surface area contributed by atoms with Gasteiger partial charge in [-0.05, 0) is 61.1 Å². The average molecular weight is 330 g/mol. The van der Waals surface area contributed by atoms with Crippen LogP contribution in [0.2, 0.25) is 0 Å². The topological polar surface area (TPSA) is 33.6 Å². The smallest absolute Gasteiger partial charge is 0.195 e. The summed E-state index contributed by atoms with van der Waals surface area (Å²) in [7, 11) is 0. The van der Waals surface area contributed by atoms with Crippen LogP contribution in [-0.2, 0) is 5.54 Å². The molecule has 2 aromatic rings. The van der Waals surface area contributed by atoms with E-state index in [1.807, 2.05) is 25.3 Å². The highest BCUT2D eigenvalue weighted by molar-refractivity contribution is 9.10. The Labute approximate surface area is 118 Å². The molecule has 0 aliphatic rings. The van der Waals surface area contributed by atoms with Crippen LogP contribution in [-0.4, -0.2) is 14.8 Å². The lowest BCUT2D eigenvalue weighted by Crippen LogP contribution is -2.23. The predicted octanol–water partition coefficient (Wildman–Crippen LogP) is 4.26. The highest BCUT2D eigenvalue weighted by Gasteiger charge is 2.23. The lowest BCUT2D eigenvalue weighted by atomic mass is 10.1. The fourth-order valence-electron chi connectivity index (χ4n) is 1.80. The van der Waals surface area contributed by atoms with Crippen molar-refractivity contribution in [1.29, 1.82) is 0 Å². The van der Waals surface area contributed by atoms with Gasteiger partial charge in [0.2, 0.25) is 0 Å². The molecule has 0 aliphatic heterocycles. The van der Waals surface area contributed by atoms with Gasteiger partial charge in [0, 0.05) is 10.0 Å². The van der Waals surface area contributed by atoms with Crippen LogP contribution in [0.25, 0.3) is 11.4 Å². The van der Waals surface area contributed by atoms with Crippen molar-refractivity contribution in [3.05, 3.63) is 33.3 Å².